The fourth-order valence-corrected chi connectivity index (χ4v) is 3.89. The number of nitrogens with zero attached hydrogens (tertiary/aromatic N) is 2. The third kappa shape index (κ3) is 4.74. The van der Waals surface area contributed by atoms with Crippen molar-refractivity contribution in [2.24, 2.45) is 0 Å². The molecule has 1 aromatic heterocycles. The van der Waals surface area contributed by atoms with Gasteiger partial charge in [0.15, 0.2) is 0 Å². The highest BCUT2D eigenvalue weighted by atomic mass is 19.1. The molecule has 7 heteroatoms. The predicted molar refractivity (Wildman–Crippen MR) is 115 cm³/mol. The van der Waals surface area contributed by atoms with Gasteiger partial charge >= 0.3 is 0 Å². The number of rotatable bonds is 5. The SMILES string of the molecule is CC(C)(O)CC(=O)Nc1ccc2c(c1)CCC(Nc1ncnc3ccc(F)cc13)C2. The van der Waals surface area contributed by atoms with E-state index in [0.29, 0.717) is 16.7 Å². The summed E-state index contributed by atoms with van der Waals surface area (Å²) >= 11 is 0. The van der Waals surface area contributed by atoms with Crippen molar-refractivity contribution in [3.05, 3.63) is 59.7 Å². The zero-order valence-electron chi connectivity index (χ0n) is 17.1. The topological polar surface area (TPSA) is 87.1 Å². The van der Waals surface area contributed by atoms with Gasteiger partial charge in [0.1, 0.15) is 18.0 Å². The average Bonchev–Trinajstić information content (AvgIpc) is 2.67. The highest BCUT2D eigenvalue weighted by Crippen LogP contribution is 2.28. The Morgan fingerprint density at radius 1 is 1.20 bits per heavy atom. The molecule has 3 aromatic rings. The molecular formula is C23H25FN4O2. The Balaban J connectivity index is 1.46. The van der Waals surface area contributed by atoms with Gasteiger partial charge in [-0.25, -0.2) is 14.4 Å². The van der Waals surface area contributed by atoms with Gasteiger partial charge in [-0.15, -0.1) is 0 Å². The van der Waals surface area contributed by atoms with Crippen LogP contribution in [0, 0.1) is 5.82 Å². The van der Waals surface area contributed by atoms with Crippen LogP contribution < -0.4 is 10.6 Å². The van der Waals surface area contributed by atoms with E-state index in [-0.39, 0.29) is 24.2 Å². The van der Waals surface area contributed by atoms with E-state index in [4.69, 9.17) is 0 Å². The van der Waals surface area contributed by atoms with E-state index in [0.717, 1.165) is 24.9 Å². The summed E-state index contributed by atoms with van der Waals surface area (Å²) in [6, 6.07) is 10.6. The van der Waals surface area contributed by atoms with Crippen molar-refractivity contribution in [2.75, 3.05) is 10.6 Å². The first-order valence-corrected chi connectivity index (χ1v) is 10.1. The van der Waals surface area contributed by atoms with E-state index < -0.39 is 5.60 Å². The van der Waals surface area contributed by atoms with E-state index in [2.05, 4.69) is 20.6 Å². The molecule has 3 N–H and O–H groups in total. The fraction of sp³-hybridized carbons (Fsp3) is 0.348. The van der Waals surface area contributed by atoms with Crippen LogP contribution >= 0.6 is 0 Å². The summed E-state index contributed by atoms with van der Waals surface area (Å²) in [6.07, 6.45) is 4.11. The maximum Gasteiger partial charge on any atom is 0.227 e. The molecule has 1 atom stereocenters. The largest absolute Gasteiger partial charge is 0.390 e. The number of benzene rings is 2. The first-order valence-electron chi connectivity index (χ1n) is 10.1. The normalized spacial score (nSPS) is 16.2. The third-order valence-corrected chi connectivity index (χ3v) is 5.25. The van der Waals surface area contributed by atoms with Crippen LogP contribution in [0.15, 0.2) is 42.7 Å². The number of aliphatic hydroxyl groups is 1. The van der Waals surface area contributed by atoms with Crippen molar-refractivity contribution in [1.29, 1.82) is 0 Å². The summed E-state index contributed by atoms with van der Waals surface area (Å²) in [5.41, 5.74) is 2.82. The molecule has 30 heavy (non-hydrogen) atoms. The highest BCUT2D eigenvalue weighted by molar-refractivity contribution is 5.91. The quantitative estimate of drug-likeness (QED) is 0.597. The second kappa shape index (κ2) is 7.99. The van der Waals surface area contributed by atoms with Gasteiger partial charge < -0.3 is 15.7 Å². The number of fused-ring (bicyclic) bond motifs is 2. The van der Waals surface area contributed by atoms with E-state index in [9.17, 15) is 14.3 Å². The van der Waals surface area contributed by atoms with Gasteiger partial charge in [-0.3, -0.25) is 4.79 Å². The maximum atomic E-state index is 13.7. The molecule has 0 bridgehead atoms. The molecule has 0 spiro atoms. The number of carbonyl (C=O) groups excluding carboxylic acids is 1. The number of halogens is 1. The molecule has 1 amide bonds. The third-order valence-electron chi connectivity index (χ3n) is 5.25. The van der Waals surface area contributed by atoms with Gasteiger partial charge in [0.2, 0.25) is 5.91 Å². The van der Waals surface area contributed by atoms with Crippen LogP contribution in [-0.2, 0) is 17.6 Å². The van der Waals surface area contributed by atoms with Crippen LogP contribution in [0.2, 0.25) is 0 Å². The lowest BCUT2D eigenvalue weighted by Crippen LogP contribution is -2.28. The highest BCUT2D eigenvalue weighted by Gasteiger charge is 2.21. The van der Waals surface area contributed by atoms with Crippen LogP contribution in [0.1, 0.15) is 37.8 Å². The average molecular weight is 408 g/mol. The van der Waals surface area contributed by atoms with Crippen molar-refractivity contribution < 1.29 is 14.3 Å². The van der Waals surface area contributed by atoms with Crippen LogP contribution in [0.25, 0.3) is 10.9 Å². The predicted octanol–water partition coefficient (Wildman–Crippen LogP) is 3.84. The summed E-state index contributed by atoms with van der Waals surface area (Å²) in [5.74, 6) is 0.123. The number of amides is 1. The summed E-state index contributed by atoms with van der Waals surface area (Å²) in [5, 5.41) is 16.8. The lowest BCUT2D eigenvalue weighted by atomic mass is 9.88. The minimum atomic E-state index is -1.04. The van der Waals surface area contributed by atoms with Crippen LogP contribution in [0.5, 0.6) is 0 Å². The number of hydrogen-bond donors (Lipinski definition) is 3. The van der Waals surface area contributed by atoms with Crippen molar-refractivity contribution >= 4 is 28.3 Å². The monoisotopic (exact) mass is 408 g/mol. The van der Waals surface area contributed by atoms with Gasteiger partial charge in [0, 0.05) is 17.1 Å². The molecule has 6 nitrogen and oxygen atoms in total. The Morgan fingerprint density at radius 2 is 2.03 bits per heavy atom. The molecule has 1 heterocycles. The van der Waals surface area contributed by atoms with Crippen LogP contribution in [0.3, 0.4) is 0 Å². The molecule has 1 aliphatic rings. The van der Waals surface area contributed by atoms with E-state index in [1.54, 1.807) is 19.9 Å². The molecule has 0 aliphatic heterocycles. The lowest BCUT2D eigenvalue weighted by molar-refractivity contribution is -0.119. The van der Waals surface area contributed by atoms with Gasteiger partial charge in [-0.05, 0) is 74.6 Å². The maximum absolute atomic E-state index is 13.7. The minimum Gasteiger partial charge on any atom is -0.390 e. The van der Waals surface area contributed by atoms with E-state index >= 15 is 0 Å². The van der Waals surface area contributed by atoms with Crippen LogP contribution in [-0.4, -0.2) is 32.6 Å². The first-order chi connectivity index (χ1) is 14.3. The molecule has 2 aromatic carbocycles. The molecule has 0 fully saturated rings. The summed E-state index contributed by atoms with van der Waals surface area (Å²) < 4.78 is 13.7. The van der Waals surface area contributed by atoms with E-state index in [1.165, 1.54) is 29.6 Å². The Kier molecular flexibility index (Phi) is 5.39. The van der Waals surface area contributed by atoms with Gasteiger partial charge in [0.05, 0.1) is 17.5 Å². The Morgan fingerprint density at radius 3 is 2.83 bits per heavy atom. The lowest BCUT2D eigenvalue weighted by Gasteiger charge is -2.27. The second-order valence-corrected chi connectivity index (χ2v) is 8.49. The summed E-state index contributed by atoms with van der Waals surface area (Å²) in [7, 11) is 0. The first kappa shape index (κ1) is 20.2. The molecule has 4 rings (SSSR count). The van der Waals surface area contributed by atoms with Crippen LogP contribution in [0.4, 0.5) is 15.9 Å². The second-order valence-electron chi connectivity index (χ2n) is 8.49. The standard InChI is InChI=1S/C23H25FN4O2/c1-23(2,30)12-21(29)27-17-6-3-15-10-18(7-4-14(15)9-17)28-22-19-11-16(24)5-8-20(19)25-13-26-22/h3,5-6,8-9,11,13,18,30H,4,7,10,12H2,1-2H3,(H,27,29)(H,25,26,28). The molecule has 1 aliphatic carbocycles. The van der Waals surface area contributed by atoms with Gasteiger partial charge in [0.25, 0.3) is 0 Å². The number of anilines is 2. The van der Waals surface area contributed by atoms with Gasteiger partial charge in [-0.1, -0.05) is 6.07 Å². The fourth-order valence-electron chi connectivity index (χ4n) is 3.89. The van der Waals surface area contributed by atoms with Crippen molar-refractivity contribution in [3.63, 3.8) is 0 Å². The number of aryl methyl sites for hydroxylation is 1. The number of nitrogens with one attached hydrogen (secondary N) is 2. The number of hydrogen-bond acceptors (Lipinski definition) is 5. The molecule has 1 unspecified atom stereocenters. The molecule has 0 saturated carbocycles. The molecule has 0 radical (unpaired) electrons. The smallest absolute Gasteiger partial charge is 0.227 e. The minimum absolute atomic E-state index is 0.0452. The van der Waals surface area contributed by atoms with Gasteiger partial charge in [-0.2, -0.15) is 0 Å². The van der Waals surface area contributed by atoms with Crippen molar-refractivity contribution in [3.8, 4) is 0 Å². The Bertz CT molecular complexity index is 1090. The van der Waals surface area contributed by atoms with Crippen molar-refractivity contribution in [2.45, 2.75) is 51.2 Å². The molecular weight excluding hydrogens is 383 g/mol. The number of aromatic nitrogens is 2. The Hall–Kier alpha value is -3.06. The molecule has 0 saturated heterocycles. The Labute approximate surface area is 174 Å². The summed E-state index contributed by atoms with van der Waals surface area (Å²) in [6.45, 7) is 3.23. The zero-order valence-corrected chi connectivity index (χ0v) is 17.1. The van der Waals surface area contributed by atoms with E-state index in [1.807, 2.05) is 18.2 Å². The van der Waals surface area contributed by atoms with Crippen molar-refractivity contribution in [1.82, 2.24) is 9.97 Å². The number of carbonyl (C=O) groups is 1. The molecule has 156 valence electrons. The zero-order chi connectivity index (χ0) is 21.3. The summed E-state index contributed by atoms with van der Waals surface area (Å²) in [4.78, 5) is 20.6.